The van der Waals surface area contributed by atoms with Gasteiger partial charge < -0.3 is 14.8 Å². The van der Waals surface area contributed by atoms with Crippen LogP contribution in [0.5, 0.6) is 11.5 Å². The Morgan fingerprint density at radius 3 is 2.58 bits per heavy atom. The van der Waals surface area contributed by atoms with Gasteiger partial charge in [0.05, 0.1) is 19.4 Å². The molecule has 0 atom stereocenters. The number of benzene rings is 2. The normalized spacial score (nSPS) is 10.2. The van der Waals surface area contributed by atoms with E-state index in [0.717, 1.165) is 34.3 Å². The minimum Gasteiger partial charge on any atom is -0.497 e. The van der Waals surface area contributed by atoms with Crippen LogP contribution in [0.1, 0.15) is 19.8 Å². The molecule has 0 aliphatic rings. The first kappa shape index (κ1) is 18.2. The number of anilines is 1. The average molecular weight is 345 g/mol. The molecule has 0 fully saturated rings. The maximum absolute atomic E-state index is 12.1. The van der Waals surface area contributed by atoms with E-state index < -0.39 is 0 Å². The van der Waals surface area contributed by atoms with E-state index in [0.29, 0.717) is 13.0 Å². The number of amides is 1. The molecule has 5 heteroatoms. The van der Waals surface area contributed by atoms with Gasteiger partial charge in [-0.1, -0.05) is 19.1 Å². The first-order valence-electron chi connectivity index (χ1n) is 8.01. The van der Waals surface area contributed by atoms with E-state index in [2.05, 4.69) is 12.2 Å². The van der Waals surface area contributed by atoms with Crippen molar-refractivity contribution in [1.29, 1.82) is 0 Å². The van der Waals surface area contributed by atoms with Crippen LogP contribution in [-0.4, -0.2) is 25.4 Å². The van der Waals surface area contributed by atoms with E-state index in [-0.39, 0.29) is 5.91 Å². The Bertz CT molecular complexity index is 643. The van der Waals surface area contributed by atoms with Crippen molar-refractivity contribution in [2.75, 3.05) is 24.8 Å². The van der Waals surface area contributed by atoms with Crippen LogP contribution in [0, 0.1) is 0 Å². The molecule has 0 saturated heterocycles. The molecule has 0 heterocycles. The lowest BCUT2D eigenvalue weighted by Gasteiger charge is -2.11. The van der Waals surface area contributed by atoms with Crippen LogP contribution in [0.3, 0.4) is 0 Å². The molecule has 2 aromatic carbocycles. The molecule has 128 valence electrons. The SMILES string of the molecule is CCCOc1ccccc1NC(=O)CCSc1ccc(OC)cc1. The van der Waals surface area contributed by atoms with Crippen molar-refractivity contribution < 1.29 is 14.3 Å². The second-order valence-electron chi connectivity index (χ2n) is 5.17. The van der Waals surface area contributed by atoms with E-state index in [1.807, 2.05) is 48.5 Å². The Hall–Kier alpha value is -2.14. The van der Waals surface area contributed by atoms with E-state index >= 15 is 0 Å². The number of hydrogen-bond acceptors (Lipinski definition) is 4. The minimum absolute atomic E-state index is 0.0106. The van der Waals surface area contributed by atoms with Gasteiger partial charge in [0.25, 0.3) is 0 Å². The van der Waals surface area contributed by atoms with Gasteiger partial charge in [-0.05, 0) is 42.8 Å². The summed E-state index contributed by atoms with van der Waals surface area (Å²) in [5.41, 5.74) is 0.727. The van der Waals surface area contributed by atoms with Gasteiger partial charge in [0.2, 0.25) is 5.91 Å². The maximum Gasteiger partial charge on any atom is 0.225 e. The van der Waals surface area contributed by atoms with Crippen LogP contribution < -0.4 is 14.8 Å². The highest BCUT2D eigenvalue weighted by Gasteiger charge is 2.07. The molecule has 0 unspecified atom stereocenters. The Kier molecular flexibility index (Phi) is 7.49. The Labute approximate surface area is 147 Å². The molecular formula is C19H23NO3S. The van der Waals surface area contributed by atoms with E-state index in [4.69, 9.17) is 9.47 Å². The predicted octanol–water partition coefficient (Wildman–Crippen LogP) is 4.60. The van der Waals surface area contributed by atoms with Gasteiger partial charge in [-0.2, -0.15) is 0 Å². The maximum atomic E-state index is 12.1. The molecule has 0 bridgehead atoms. The molecule has 1 N–H and O–H groups in total. The summed E-state index contributed by atoms with van der Waals surface area (Å²) in [7, 11) is 1.65. The summed E-state index contributed by atoms with van der Waals surface area (Å²) in [5, 5.41) is 2.93. The summed E-state index contributed by atoms with van der Waals surface area (Å²) in [6.45, 7) is 2.69. The quantitative estimate of drug-likeness (QED) is 0.675. The lowest BCUT2D eigenvalue weighted by atomic mass is 10.3. The third-order valence-corrected chi connectivity index (χ3v) is 4.29. The lowest BCUT2D eigenvalue weighted by Crippen LogP contribution is -2.13. The fraction of sp³-hybridized carbons (Fsp3) is 0.316. The molecule has 0 aliphatic carbocycles. The van der Waals surface area contributed by atoms with Crippen LogP contribution in [0.15, 0.2) is 53.4 Å². The zero-order valence-corrected chi connectivity index (χ0v) is 14.9. The Morgan fingerprint density at radius 2 is 1.88 bits per heavy atom. The van der Waals surface area contributed by atoms with Crippen LogP contribution in [0.2, 0.25) is 0 Å². The summed E-state index contributed by atoms with van der Waals surface area (Å²) in [6.07, 6.45) is 1.37. The van der Waals surface area contributed by atoms with Gasteiger partial charge in [-0.25, -0.2) is 0 Å². The number of para-hydroxylation sites is 2. The second kappa shape index (κ2) is 9.88. The number of carbonyl (C=O) groups excluding carboxylic acids is 1. The smallest absolute Gasteiger partial charge is 0.225 e. The zero-order chi connectivity index (χ0) is 17.2. The van der Waals surface area contributed by atoms with Crippen LogP contribution in [-0.2, 0) is 4.79 Å². The number of ether oxygens (including phenoxy) is 2. The molecule has 0 saturated carbocycles. The summed E-state index contributed by atoms with van der Waals surface area (Å²) in [5.74, 6) is 2.26. The monoisotopic (exact) mass is 345 g/mol. The summed E-state index contributed by atoms with van der Waals surface area (Å²) >= 11 is 1.65. The van der Waals surface area contributed by atoms with Gasteiger partial charge in [0.15, 0.2) is 0 Å². The molecule has 2 aromatic rings. The molecule has 2 rings (SSSR count). The number of methoxy groups -OCH3 is 1. The lowest BCUT2D eigenvalue weighted by molar-refractivity contribution is -0.115. The van der Waals surface area contributed by atoms with Crippen molar-refractivity contribution >= 4 is 23.4 Å². The molecule has 0 aliphatic heterocycles. The third kappa shape index (κ3) is 5.81. The molecular weight excluding hydrogens is 322 g/mol. The van der Waals surface area contributed by atoms with Crippen LogP contribution in [0.25, 0.3) is 0 Å². The predicted molar refractivity (Wildman–Crippen MR) is 99.2 cm³/mol. The topological polar surface area (TPSA) is 47.6 Å². The van der Waals surface area contributed by atoms with Crippen molar-refractivity contribution in [1.82, 2.24) is 0 Å². The van der Waals surface area contributed by atoms with Gasteiger partial charge in [0.1, 0.15) is 11.5 Å². The van der Waals surface area contributed by atoms with Gasteiger partial charge in [-0.15, -0.1) is 11.8 Å². The highest BCUT2D eigenvalue weighted by Crippen LogP contribution is 2.25. The van der Waals surface area contributed by atoms with Crippen LogP contribution in [0.4, 0.5) is 5.69 Å². The van der Waals surface area contributed by atoms with Crippen molar-refractivity contribution in [2.24, 2.45) is 0 Å². The minimum atomic E-state index is -0.0106. The fourth-order valence-electron chi connectivity index (χ4n) is 2.05. The van der Waals surface area contributed by atoms with Crippen molar-refractivity contribution in [3.63, 3.8) is 0 Å². The number of rotatable bonds is 9. The van der Waals surface area contributed by atoms with Gasteiger partial charge in [0, 0.05) is 17.1 Å². The van der Waals surface area contributed by atoms with E-state index in [1.165, 1.54) is 0 Å². The van der Waals surface area contributed by atoms with Crippen molar-refractivity contribution in [3.05, 3.63) is 48.5 Å². The largest absolute Gasteiger partial charge is 0.497 e. The van der Waals surface area contributed by atoms with Crippen molar-refractivity contribution in [3.8, 4) is 11.5 Å². The zero-order valence-electron chi connectivity index (χ0n) is 14.1. The first-order valence-corrected chi connectivity index (χ1v) is 9.00. The average Bonchev–Trinajstić information content (AvgIpc) is 2.61. The second-order valence-corrected chi connectivity index (χ2v) is 6.34. The Morgan fingerprint density at radius 1 is 1.12 bits per heavy atom. The third-order valence-electron chi connectivity index (χ3n) is 3.28. The molecule has 1 amide bonds. The number of thioether (sulfide) groups is 1. The number of hydrogen-bond donors (Lipinski definition) is 1. The van der Waals surface area contributed by atoms with E-state index in [1.54, 1.807) is 18.9 Å². The van der Waals surface area contributed by atoms with Crippen LogP contribution >= 0.6 is 11.8 Å². The summed E-state index contributed by atoms with van der Waals surface area (Å²) in [6, 6.07) is 15.4. The molecule has 0 spiro atoms. The highest BCUT2D eigenvalue weighted by molar-refractivity contribution is 7.99. The van der Waals surface area contributed by atoms with Gasteiger partial charge >= 0.3 is 0 Å². The molecule has 0 aromatic heterocycles. The summed E-state index contributed by atoms with van der Waals surface area (Å²) in [4.78, 5) is 13.2. The standard InChI is InChI=1S/C19H23NO3S/c1-3-13-23-18-7-5-4-6-17(18)20-19(21)12-14-24-16-10-8-15(22-2)9-11-16/h4-11H,3,12-14H2,1-2H3,(H,20,21). The molecule has 24 heavy (non-hydrogen) atoms. The summed E-state index contributed by atoms with van der Waals surface area (Å²) < 4.78 is 10.8. The number of carbonyl (C=O) groups is 1. The highest BCUT2D eigenvalue weighted by atomic mass is 32.2. The van der Waals surface area contributed by atoms with Gasteiger partial charge in [-0.3, -0.25) is 4.79 Å². The Balaban J connectivity index is 1.80. The van der Waals surface area contributed by atoms with Crippen molar-refractivity contribution in [2.45, 2.75) is 24.7 Å². The number of nitrogens with one attached hydrogen (secondary N) is 1. The molecule has 0 radical (unpaired) electrons. The first-order chi connectivity index (χ1) is 11.7. The fourth-order valence-corrected chi connectivity index (χ4v) is 2.91. The van der Waals surface area contributed by atoms with E-state index in [9.17, 15) is 4.79 Å². The molecule has 4 nitrogen and oxygen atoms in total.